The molecule has 0 radical (unpaired) electrons. The van der Waals surface area contributed by atoms with Gasteiger partial charge in [-0.1, -0.05) is 23.7 Å². The van der Waals surface area contributed by atoms with Crippen molar-refractivity contribution < 1.29 is 13.2 Å². The molecule has 0 aliphatic heterocycles. The molecule has 0 aromatic heterocycles. The average molecular weight is 306 g/mol. The fourth-order valence-electron chi connectivity index (χ4n) is 2.93. The Kier molecular flexibility index (Phi) is 4.97. The van der Waals surface area contributed by atoms with E-state index in [1.54, 1.807) is 0 Å². The molecule has 1 aromatic rings. The van der Waals surface area contributed by atoms with Crippen LogP contribution in [-0.2, 0) is 6.42 Å². The minimum Gasteiger partial charge on any atom is -0.327 e. The number of hydrogen-bond donors (Lipinski definition) is 1. The molecule has 1 fully saturated rings. The zero-order valence-corrected chi connectivity index (χ0v) is 11.9. The van der Waals surface area contributed by atoms with Crippen molar-refractivity contribution in [1.82, 2.24) is 0 Å². The quantitative estimate of drug-likeness (QED) is 0.869. The van der Waals surface area contributed by atoms with Gasteiger partial charge in [-0.25, -0.2) is 0 Å². The van der Waals surface area contributed by atoms with Crippen LogP contribution >= 0.6 is 11.6 Å². The summed E-state index contributed by atoms with van der Waals surface area (Å²) in [7, 11) is 0. The van der Waals surface area contributed by atoms with Gasteiger partial charge < -0.3 is 5.73 Å². The number of benzene rings is 1. The molecule has 1 nitrogen and oxygen atoms in total. The van der Waals surface area contributed by atoms with Crippen molar-refractivity contribution in [3.8, 4) is 0 Å². The summed E-state index contributed by atoms with van der Waals surface area (Å²) in [5, 5.41) is 0.674. The van der Waals surface area contributed by atoms with E-state index in [4.69, 9.17) is 17.3 Å². The largest absolute Gasteiger partial charge is 0.391 e. The summed E-state index contributed by atoms with van der Waals surface area (Å²) in [6.45, 7) is 0. The highest BCUT2D eigenvalue weighted by molar-refractivity contribution is 6.30. The molecule has 0 bridgehead atoms. The van der Waals surface area contributed by atoms with Gasteiger partial charge in [0.15, 0.2) is 0 Å². The van der Waals surface area contributed by atoms with Crippen LogP contribution in [0.25, 0.3) is 0 Å². The van der Waals surface area contributed by atoms with Crippen molar-refractivity contribution in [2.24, 2.45) is 17.6 Å². The number of halogens is 4. The maximum absolute atomic E-state index is 12.6. The fraction of sp³-hybridized carbons (Fsp3) is 0.600. The van der Waals surface area contributed by atoms with E-state index >= 15 is 0 Å². The Bertz CT molecular complexity index is 422. The third-order valence-electron chi connectivity index (χ3n) is 4.22. The lowest BCUT2D eigenvalue weighted by Gasteiger charge is -2.33. The molecular weight excluding hydrogens is 287 g/mol. The normalized spacial score (nSPS) is 25.4. The third-order valence-corrected chi connectivity index (χ3v) is 4.48. The van der Waals surface area contributed by atoms with E-state index in [2.05, 4.69) is 0 Å². The van der Waals surface area contributed by atoms with Crippen LogP contribution in [-0.4, -0.2) is 12.2 Å². The summed E-state index contributed by atoms with van der Waals surface area (Å²) < 4.78 is 37.8. The Morgan fingerprint density at radius 2 is 1.65 bits per heavy atom. The number of rotatable bonds is 3. The first-order valence-electron chi connectivity index (χ1n) is 6.93. The lowest BCUT2D eigenvalue weighted by Crippen LogP contribution is -2.37. The predicted molar refractivity (Wildman–Crippen MR) is 74.6 cm³/mol. The fourth-order valence-corrected chi connectivity index (χ4v) is 3.06. The van der Waals surface area contributed by atoms with Gasteiger partial charge in [-0.3, -0.25) is 0 Å². The molecule has 1 atom stereocenters. The van der Waals surface area contributed by atoms with Crippen molar-refractivity contribution in [2.45, 2.75) is 44.3 Å². The Morgan fingerprint density at radius 3 is 2.15 bits per heavy atom. The summed E-state index contributed by atoms with van der Waals surface area (Å²) in [4.78, 5) is 0. The Hall–Kier alpha value is -0.740. The monoisotopic (exact) mass is 305 g/mol. The first kappa shape index (κ1) is 15.6. The Labute approximate surface area is 122 Å². The van der Waals surface area contributed by atoms with E-state index in [1.807, 2.05) is 24.3 Å². The van der Waals surface area contributed by atoms with E-state index in [-0.39, 0.29) is 24.8 Å². The smallest absolute Gasteiger partial charge is 0.327 e. The van der Waals surface area contributed by atoms with Crippen LogP contribution in [0.4, 0.5) is 13.2 Å². The predicted octanol–water partition coefficient (Wildman–Crippen LogP) is 4.58. The molecule has 1 unspecified atom stereocenters. The van der Waals surface area contributed by atoms with Gasteiger partial charge in [-0.15, -0.1) is 0 Å². The maximum atomic E-state index is 12.6. The second-order valence-electron chi connectivity index (χ2n) is 5.65. The lowest BCUT2D eigenvalue weighted by molar-refractivity contribution is -0.184. The Balaban J connectivity index is 1.85. The lowest BCUT2D eigenvalue weighted by atomic mass is 9.77. The van der Waals surface area contributed by atoms with Crippen LogP contribution in [0.15, 0.2) is 24.3 Å². The molecule has 1 aromatic carbocycles. The van der Waals surface area contributed by atoms with Crippen molar-refractivity contribution in [3.05, 3.63) is 34.9 Å². The molecule has 1 aliphatic carbocycles. The van der Waals surface area contributed by atoms with Crippen molar-refractivity contribution in [3.63, 3.8) is 0 Å². The zero-order valence-electron chi connectivity index (χ0n) is 11.2. The summed E-state index contributed by atoms with van der Waals surface area (Å²) in [6, 6.07) is 7.38. The zero-order chi connectivity index (χ0) is 14.8. The van der Waals surface area contributed by atoms with E-state index in [0.29, 0.717) is 24.3 Å². The van der Waals surface area contributed by atoms with Crippen LogP contribution < -0.4 is 5.73 Å². The average Bonchev–Trinajstić information content (AvgIpc) is 2.40. The highest BCUT2D eigenvalue weighted by Gasteiger charge is 2.42. The minimum absolute atomic E-state index is 0.0784. The second kappa shape index (κ2) is 6.35. The van der Waals surface area contributed by atoms with Crippen LogP contribution in [0.2, 0.25) is 5.02 Å². The van der Waals surface area contributed by atoms with Crippen molar-refractivity contribution in [2.75, 3.05) is 0 Å². The summed E-state index contributed by atoms with van der Waals surface area (Å²) in [5.74, 6) is -0.953. The van der Waals surface area contributed by atoms with Gasteiger partial charge in [0.25, 0.3) is 0 Å². The number of hydrogen-bond acceptors (Lipinski definition) is 1. The molecule has 5 heteroatoms. The molecule has 112 valence electrons. The van der Waals surface area contributed by atoms with Crippen LogP contribution in [0, 0.1) is 11.8 Å². The van der Waals surface area contributed by atoms with E-state index in [9.17, 15) is 13.2 Å². The molecule has 0 spiro atoms. The molecule has 2 N–H and O–H groups in total. The first-order valence-corrected chi connectivity index (χ1v) is 7.31. The highest BCUT2D eigenvalue weighted by Crippen LogP contribution is 2.40. The van der Waals surface area contributed by atoms with Gasteiger partial charge in [0.05, 0.1) is 5.92 Å². The Morgan fingerprint density at radius 1 is 1.10 bits per heavy atom. The second-order valence-corrected chi connectivity index (χ2v) is 6.08. The van der Waals surface area contributed by atoms with Gasteiger partial charge >= 0.3 is 6.18 Å². The van der Waals surface area contributed by atoms with Gasteiger partial charge in [-0.05, 0) is 55.7 Å². The van der Waals surface area contributed by atoms with E-state index < -0.39 is 12.1 Å². The molecule has 0 saturated heterocycles. The van der Waals surface area contributed by atoms with Crippen molar-refractivity contribution in [1.29, 1.82) is 0 Å². The minimum atomic E-state index is -4.05. The summed E-state index contributed by atoms with van der Waals surface area (Å²) >= 11 is 5.82. The third kappa shape index (κ3) is 4.13. The van der Waals surface area contributed by atoms with Gasteiger partial charge in [-0.2, -0.15) is 13.2 Å². The number of nitrogens with two attached hydrogens (primary N) is 1. The molecular formula is C15H19ClF3N. The van der Waals surface area contributed by atoms with Crippen LogP contribution in [0.1, 0.15) is 31.2 Å². The standard InChI is InChI=1S/C15H19ClF3N/c16-13-7-1-10(2-8-13)9-14(20)11-3-5-12(6-4-11)15(17,18)19/h1-2,7-8,11-12,14H,3-6,9,20H2. The SMILES string of the molecule is NC(Cc1ccc(Cl)cc1)C1CCC(C(F)(F)F)CC1. The van der Waals surface area contributed by atoms with E-state index in [0.717, 1.165) is 5.56 Å². The van der Waals surface area contributed by atoms with Crippen molar-refractivity contribution >= 4 is 11.6 Å². The molecule has 0 amide bonds. The van der Waals surface area contributed by atoms with Gasteiger partial charge in [0, 0.05) is 11.1 Å². The molecule has 1 aliphatic rings. The van der Waals surface area contributed by atoms with E-state index in [1.165, 1.54) is 0 Å². The molecule has 0 heterocycles. The highest BCUT2D eigenvalue weighted by atomic mass is 35.5. The summed E-state index contributed by atoms with van der Waals surface area (Å²) in [5.41, 5.74) is 7.24. The van der Waals surface area contributed by atoms with Crippen LogP contribution in [0.5, 0.6) is 0 Å². The summed E-state index contributed by atoms with van der Waals surface area (Å²) in [6.07, 6.45) is -1.80. The van der Waals surface area contributed by atoms with Gasteiger partial charge in [0.2, 0.25) is 0 Å². The molecule has 1 saturated carbocycles. The number of alkyl halides is 3. The molecule has 2 rings (SSSR count). The first-order chi connectivity index (χ1) is 9.36. The maximum Gasteiger partial charge on any atom is 0.391 e. The van der Waals surface area contributed by atoms with Crippen LogP contribution in [0.3, 0.4) is 0 Å². The van der Waals surface area contributed by atoms with Gasteiger partial charge in [0.1, 0.15) is 0 Å². The topological polar surface area (TPSA) is 26.0 Å². The molecule has 20 heavy (non-hydrogen) atoms.